The van der Waals surface area contributed by atoms with Gasteiger partial charge in [0.15, 0.2) is 0 Å². The summed E-state index contributed by atoms with van der Waals surface area (Å²) in [6.07, 6.45) is 4.08. The van der Waals surface area contributed by atoms with Gasteiger partial charge in [0.05, 0.1) is 6.42 Å². The molecule has 1 aromatic carbocycles. The van der Waals surface area contributed by atoms with Gasteiger partial charge in [0.2, 0.25) is 5.91 Å². The second-order valence-corrected chi connectivity index (χ2v) is 3.85. The van der Waals surface area contributed by atoms with Crippen LogP contribution in [-0.2, 0) is 11.2 Å². The average Bonchev–Trinajstić information content (AvgIpc) is 2.82. The lowest BCUT2D eigenvalue weighted by Gasteiger charge is -2.09. The quantitative estimate of drug-likeness (QED) is 0.646. The van der Waals surface area contributed by atoms with Gasteiger partial charge in [0, 0.05) is 25.1 Å². The fourth-order valence-electron chi connectivity index (χ4n) is 1.62. The molecular weight excluding hydrogens is 216 g/mol. The van der Waals surface area contributed by atoms with Crippen LogP contribution in [0.15, 0.2) is 48.8 Å². The molecule has 4 heteroatoms. The number of carbonyl (C=O) groups is 1. The summed E-state index contributed by atoms with van der Waals surface area (Å²) in [6, 6.07) is 11.6. The van der Waals surface area contributed by atoms with Gasteiger partial charge in [-0.1, -0.05) is 12.1 Å². The molecule has 0 atom stereocenters. The van der Waals surface area contributed by atoms with Crippen molar-refractivity contribution >= 4 is 5.91 Å². The Morgan fingerprint density at radius 1 is 1.29 bits per heavy atom. The molecule has 2 aromatic rings. The van der Waals surface area contributed by atoms with Crippen LogP contribution in [0, 0.1) is 0 Å². The average molecular weight is 230 g/mol. The van der Waals surface area contributed by atoms with E-state index in [0.29, 0.717) is 5.06 Å². The summed E-state index contributed by atoms with van der Waals surface area (Å²) in [7, 11) is 1.33. The third kappa shape index (κ3) is 2.73. The van der Waals surface area contributed by atoms with E-state index >= 15 is 0 Å². The number of aromatic nitrogens is 1. The smallest absolute Gasteiger partial charge is 0.250 e. The summed E-state index contributed by atoms with van der Waals surface area (Å²) in [4.78, 5) is 11.4. The number of rotatable bonds is 3. The lowest BCUT2D eigenvalue weighted by molar-refractivity contribution is -0.158. The van der Waals surface area contributed by atoms with E-state index in [2.05, 4.69) is 0 Å². The Labute approximate surface area is 99.7 Å². The Morgan fingerprint density at radius 2 is 2.00 bits per heavy atom. The van der Waals surface area contributed by atoms with Crippen molar-refractivity contribution in [3.63, 3.8) is 0 Å². The van der Waals surface area contributed by atoms with Crippen molar-refractivity contribution in [2.24, 2.45) is 0 Å². The highest BCUT2D eigenvalue weighted by Crippen LogP contribution is 2.11. The normalized spacial score (nSPS) is 10.2. The fraction of sp³-hybridized carbons (Fsp3) is 0.154. The van der Waals surface area contributed by atoms with Gasteiger partial charge in [-0.05, 0) is 29.8 Å². The highest BCUT2D eigenvalue weighted by Gasteiger charge is 2.07. The van der Waals surface area contributed by atoms with Crippen LogP contribution in [0.3, 0.4) is 0 Å². The van der Waals surface area contributed by atoms with Gasteiger partial charge < -0.3 is 4.57 Å². The van der Waals surface area contributed by atoms with Crippen molar-refractivity contribution in [2.45, 2.75) is 6.42 Å². The van der Waals surface area contributed by atoms with E-state index in [9.17, 15) is 4.79 Å². The van der Waals surface area contributed by atoms with Gasteiger partial charge in [-0.25, -0.2) is 5.06 Å². The number of hydrogen-bond donors (Lipinski definition) is 1. The van der Waals surface area contributed by atoms with Crippen LogP contribution >= 0.6 is 0 Å². The fourth-order valence-corrected chi connectivity index (χ4v) is 1.62. The number of nitrogens with zero attached hydrogens (tertiary/aromatic N) is 2. The van der Waals surface area contributed by atoms with Gasteiger partial charge in [-0.15, -0.1) is 0 Å². The minimum absolute atomic E-state index is 0.197. The summed E-state index contributed by atoms with van der Waals surface area (Å²) in [5.41, 5.74) is 1.88. The number of amides is 1. The van der Waals surface area contributed by atoms with Gasteiger partial charge >= 0.3 is 0 Å². The summed E-state index contributed by atoms with van der Waals surface area (Å²) in [6.45, 7) is 0. The van der Waals surface area contributed by atoms with Gasteiger partial charge in [-0.3, -0.25) is 10.0 Å². The van der Waals surface area contributed by atoms with Gasteiger partial charge in [0.1, 0.15) is 0 Å². The molecule has 4 nitrogen and oxygen atoms in total. The van der Waals surface area contributed by atoms with E-state index in [-0.39, 0.29) is 12.3 Å². The first-order valence-corrected chi connectivity index (χ1v) is 5.34. The topological polar surface area (TPSA) is 45.5 Å². The van der Waals surface area contributed by atoms with Crippen molar-refractivity contribution < 1.29 is 10.0 Å². The van der Waals surface area contributed by atoms with Crippen molar-refractivity contribution in [1.82, 2.24) is 9.63 Å². The van der Waals surface area contributed by atoms with E-state index in [0.717, 1.165) is 11.3 Å². The summed E-state index contributed by atoms with van der Waals surface area (Å²) in [5.74, 6) is -0.324. The second-order valence-electron chi connectivity index (χ2n) is 3.85. The van der Waals surface area contributed by atoms with Crippen LogP contribution in [0.2, 0.25) is 0 Å². The molecule has 1 aromatic heterocycles. The van der Waals surface area contributed by atoms with Crippen LogP contribution in [0.4, 0.5) is 0 Å². The Bertz CT molecular complexity index is 504. The van der Waals surface area contributed by atoms with Crippen LogP contribution in [-0.4, -0.2) is 27.8 Å². The molecule has 0 fully saturated rings. The Hall–Kier alpha value is -2.07. The predicted molar refractivity (Wildman–Crippen MR) is 64.0 cm³/mol. The molecule has 0 spiro atoms. The van der Waals surface area contributed by atoms with E-state index in [4.69, 9.17) is 5.21 Å². The van der Waals surface area contributed by atoms with Crippen LogP contribution in [0.25, 0.3) is 5.69 Å². The number of carbonyl (C=O) groups excluding carboxylic acids is 1. The first-order valence-electron chi connectivity index (χ1n) is 5.34. The highest BCUT2D eigenvalue weighted by atomic mass is 16.5. The zero-order chi connectivity index (χ0) is 12.3. The maximum Gasteiger partial charge on any atom is 0.250 e. The minimum atomic E-state index is -0.324. The lowest BCUT2D eigenvalue weighted by Crippen LogP contribution is -2.24. The lowest BCUT2D eigenvalue weighted by atomic mass is 10.1. The first-order chi connectivity index (χ1) is 8.16. The predicted octanol–water partition coefficient (Wildman–Crippen LogP) is 1.87. The number of likely N-dealkylation sites (N-methyl/N-ethyl adjacent to an activating group) is 1. The molecular formula is C13H14N2O2. The van der Waals surface area contributed by atoms with E-state index in [1.165, 1.54) is 7.05 Å². The third-order valence-corrected chi connectivity index (χ3v) is 2.53. The largest absolute Gasteiger partial charge is 0.324 e. The second kappa shape index (κ2) is 4.84. The Kier molecular flexibility index (Phi) is 3.25. The molecule has 0 bridgehead atoms. The molecule has 0 aliphatic carbocycles. The van der Waals surface area contributed by atoms with E-state index in [1.54, 1.807) is 0 Å². The maximum absolute atomic E-state index is 11.4. The van der Waals surface area contributed by atoms with Gasteiger partial charge in [0.25, 0.3) is 0 Å². The molecule has 17 heavy (non-hydrogen) atoms. The van der Waals surface area contributed by atoms with Crippen LogP contribution < -0.4 is 0 Å². The van der Waals surface area contributed by atoms with Gasteiger partial charge in [-0.2, -0.15) is 0 Å². The minimum Gasteiger partial charge on any atom is -0.324 e. The number of benzene rings is 1. The molecule has 1 amide bonds. The molecule has 0 radical (unpaired) electrons. The summed E-state index contributed by atoms with van der Waals surface area (Å²) < 4.78 is 1.97. The molecule has 0 aliphatic heterocycles. The standard InChI is InChI=1S/C13H14N2O2/c1-14(17)13(16)10-11-5-4-6-12(9-11)15-7-2-3-8-15/h2-9,17H,10H2,1H3. The van der Waals surface area contributed by atoms with E-state index < -0.39 is 0 Å². The maximum atomic E-state index is 11.4. The molecule has 0 aliphatic rings. The number of hydrogen-bond acceptors (Lipinski definition) is 2. The third-order valence-electron chi connectivity index (χ3n) is 2.53. The molecule has 1 heterocycles. The molecule has 88 valence electrons. The molecule has 0 saturated carbocycles. The Morgan fingerprint density at radius 3 is 2.65 bits per heavy atom. The van der Waals surface area contributed by atoms with Crippen molar-refractivity contribution in [3.05, 3.63) is 54.4 Å². The Balaban J connectivity index is 2.20. The van der Waals surface area contributed by atoms with Crippen molar-refractivity contribution in [2.75, 3.05) is 7.05 Å². The summed E-state index contributed by atoms with van der Waals surface area (Å²) >= 11 is 0. The van der Waals surface area contributed by atoms with Crippen molar-refractivity contribution in [3.8, 4) is 5.69 Å². The SMILES string of the molecule is CN(O)C(=O)Cc1cccc(-n2cccc2)c1. The molecule has 2 rings (SSSR count). The van der Waals surface area contributed by atoms with Crippen LogP contribution in [0.5, 0.6) is 0 Å². The monoisotopic (exact) mass is 230 g/mol. The molecule has 0 saturated heterocycles. The highest BCUT2D eigenvalue weighted by molar-refractivity contribution is 5.77. The molecule has 0 unspecified atom stereocenters. The molecule has 1 N–H and O–H groups in total. The summed E-state index contributed by atoms with van der Waals surface area (Å²) in [5, 5.41) is 9.63. The van der Waals surface area contributed by atoms with Crippen molar-refractivity contribution in [1.29, 1.82) is 0 Å². The van der Waals surface area contributed by atoms with Crippen LogP contribution in [0.1, 0.15) is 5.56 Å². The first kappa shape index (κ1) is 11.4. The van der Waals surface area contributed by atoms with E-state index in [1.807, 2.05) is 53.4 Å². The number of hydroxylamine groups is 2. The zero-order valence-electron chi connectivity index (χ0n) is 9.58. The zero-order valence-corrected chi connectivity index (χ0v) is 9.58.